The second kappa shape index (κ2) is 5.21. The van der Waals surface area contributed by atoms with E-state index in [-0.39, 0.29) is 15.2 Å². The second-order valence-corrected chi connectivity index (χ2v) is 6.87. The van der Waals surface area contributed by atoms with Crippen LogP contribution in [0.5, 0.6) is 0 Å². The average Bonchev–Trinajstić information content (AvgIpc) is 2.77. The zero-order valence-corrected chi connectivity index (χ0v) is 11.8. The average molecular weight is 304 g/mol. The van der Waals surface area contributed by atoms with Gasteiger partial charge in [0.15, 0.2) is 5.82 Å². The Bertz CT molecular complexity index is 655. The number of aromatic nitrogens is 2. The van der Waals surface area contributed by atoms with Crippen molar-refractivity contribution in [3.8, 4) is 0 Å². The molecular weight excluding hydrogens is 294 g/mol. The minimum Gasteiger partial charge on any atom is -0.261 e. The van der Waals surface area contributed by atoms with E-state index < -0.39 is 10.0 Å². The minimum atomic E-state index is -3.61. The second-order valence-electron chi connectivity index (χ2n) is 3.41. The molecule has 0 fully saturated rings. The molecule has 0 aliphatic heterocycles. The molecule has 5 nitrogen and oxygen atoms in total. The Hall–Kier alpha value is -1.18. The zero-order chi connectivity index (χ0) is 13.2. The van der Waals surface area contributed by atoms with Gasteiger partial charge >= 0.3 is 0 Å². The number of anilines is 1. The fourth-order valence-electron chi connectivity index (χ4n) is 1.27. The van der Waals surface area contributed by atoms with Crippen LogP contribution in [0.4, 0.5) is 5.82 Å². The first kappa shape index (κ1) is 13.3. The first-order valence-electron chi connectivity index (χ1n) is 5.10. The standard InChI is InChI=1S/C10H10ClN3O2S2/c1-2-7-3-4-10(17-7)18(15,16)14-9-6-12-5-8(11)13-9/h3-6H,2H2,1H3,(H,13,14). The van der Waals surface area contributed by atoms with Crippen molar-refractivity contribution < 1.29 is 8.42 Å². The largest absolute Gasteiger partial charge is 0.272 e. The maximum Gasteiger partial charge on any atom is 0.272 e. The number of rotatable bonds is 4. The molecule has 0 spiro atoms. The lowest BCUT2D eigenvalue weighted by atomic mass is 10.4. The van der Waals surface area contributed by atoms with Gasteiger partial charge in [-0.1, -0.05) is 18.5 Å². The van der Waals surface area contributed by atoms with Gasteiger partial charge in [0.1, 0.15) is 9.36 Å². The van der Waals surface area contributed by atoms with Crippen LogP contribution in [-0.2, 0) is 16.4 Å². The molecule has 2 rings (SSSR count). The molecule has 0 amide bonds. The van der Waals surface area contributed by atoms with Crippen molar-refractivity contribution in [3.63, 3.8) is 0 Å². The van der Waals surface area contributed by atoms with Crippen LogP contribution in [0.25, 0.3) is 0 Å². The predicted octanol–water partition coefficient (Wildman–Crippen LogP) is 2.55. The summed E-state index contributed by atoms with van der Waals surface area (Å²) < 4.78 is 26.6. The minimum absolute atomic E-state index is 0.106. The zero-order valence-electron chi connectivity index (χ0n) is 9.42. The van der Waals surface area contributed by atoms with Gasteiger partial charge in [0, 0.05) is 4.88 Å². The summed E-state index contributed by atoms with van der Waals surface area (Å²) in [5.41, 5.74) is 0. The maximum absolute atomic E-state index is 12.0. The van der Waals surface area contributed by atoms with Crippen LogP contribution >= 0.6 is 22.9 Å². The Balaban J connectivity index is 2.27. The van der Waals surface area contributed by atoms with E-state index in [2.05, 4.69) is 14.7 Å². The third-order valence-electron chi connectivity index (χ3n) is 2.09. The Kier molecular flexibility index (Phi) is 3.84. The van der Waals surface area contributed by atoms with Crippen LogP contribution in [0, 0.1) is 0 Å². The molecule has 8 heteroatoms. The van der Waals surface area contributed by atoms with Gasteiger partial charge in [-0.15, -0.1) is 11.3 Å². The molecule has 2 aromatic rings. The lowest BCUT2D eigenvalue weighted by Gasteiger charge is -2.04. The summed E-state index contributed by atoms with van der Waals surface area (Å²) in [6.07, 6.45) is 3.44. The molecule has 2 heterocycles. The summed E-state index contributed by atoms with van der Waals surface area (Å²) in [5.74, 6) is 0.106. The first-order valence-corrected chi connectivity index (χ1v) is 7.78. The molecule has 0 atom stereocenters. The maximum atomic E-state index is 12.0. The molecule has 2 aromatic heterocycles. The van der Waals surface area contributed by atoms with Gasteiger partial charge in [-0.25, -0.2) is 13.4 Å². The van der Waals surface area contributed by atoms with Crippen molar-refractivity contribution in [1.82, 2.24) is 9.97 Å². The van der Waals surface area contributed by atoms with Gasteiger partial charge < -0.3 is 0 Å². The smallest absolute Gasteiger partial charge is 0.261 e. The molecule has 0 aromatic carbocycles. The quantitative estimate of drug-likeness (QED) is 0.942. The molecule has 0 unspecified atom stereocenters. The van der Waals surface area contributed by atoms with Crippen LogP contribution in [0.2, 0.25) is 5.15 Å². The van der Waals surface area contributed by atoms with E-state index >= 15 is 0 Å². The summed E-state index contributed by atoms with van der Waals surface area (Å²) in [6, 6.07) is 3.37. The monoisotopic (exact) mass is 303 g/mol. The van der Waals surface area contributed by atoms with E-state index in [0.717, 1.165) is 11.3 Å². The van der Waals surface area contributed by atoms with E-state index in [1.807, 2.05) is 6.92 Å². The SMILES string of the molecule is CCc1ccc(S(=O)(=O)Nc2cncc(Cl)n2)s1. The summed E-state index contributed by atoms with van der Waals surface area (Å²) in [7, 11) is -3.61. The molecule has 0 bridgehead atoms. The predicted molar refractivity (Wildman–Crippen MR) is 71.5 cm³/mol. The molecule has 0 saturated carbocycles. The molecule has 0 aliphatic rings. The number of sulfonamides is 1. The molecule has 1 N–H and O–H groups in total. The summed E-state index contributed by atoms with van der Waals surface area (Å²) in [4.78, 5) is 8.60. The van der Waals surface area contributed by atoms with Gasteiger partial charge in [0.2, 0.25) is 0 Å². The molecule has 0 radical (unpaired) electrons. The molecule has 0 aliphatic carbocycles. The van der Waals surface area contributed by atoms with Crippen molar-refractivity contribution in [3.05, 3.63) is 34.6 Å². The Morgan fingerprint density at radius 3 is 2.78 bits per heavy atom. The Morgan fingerprint density at radius 1 is 1.39 bits per heavy atom. The van der Waals surface area contributed by atoms with Crippen molar-refractivity contribution in [1.29, 1.82) is 0 Å². The van der Waals surface area contributed by atoms with Crippen molar-refractivity contribution >= 4 is 38.8 Å². The van der Waals surface area contributed by atoms with Gasteiger partial charge in [-0.05, 0) is 18.6 Å². The number of aryl methyl sites for hydroxylation is 1. The highest BCUT2D eigenvalue weighted by Crippen LogP contribution is 2.23. The fourth-order valence-corrected chi connectivity index (χ4v) is 3.70. The van der Waals surface area contributed by atoms with Crippen LogP contribution in [-0.4, -0.2) is 18.4 Å². The Morgan fingerprint density at radius 2 is 2.17 bits per heavy atom. The van der Waals surface area contributed by atoms with E-state index in [4.69, 9.17) is 11.6 Å². The fraction of sp³-hybridized carbons (Fsp3) is 0.200. The normalized spacial score (nSPS) is 11.4. The number of thiophene rings is 1. The highest BCUT2D eigenvalue weighted by molar-refractivity contribution is 7.94. The van der Waals surface area contributed by atoms with E-state index in [9.17, 15) is 8.42 Å². The van der Waals surface area contributed by atoms with Gasteiger partial charge in [-0.3, -0.25) is 9.71 Å². The highest BCUT2D eigenvalue weighted by atomic mass is 35.5. The topological polar surface area (TPSA) is 72.0 Å². The number of hydrogen-bond donors (Lipinski definition) is 1. The lowest BCUT2D eigenvalue weighted by molar-refractivity contribution is 0.603. The number of nitrogens with one attached hydrogen (secondary N) is 1. The Labute approximate surface area is 114 Å². The van der Waals surface area contributed by atoms with Crippen LogP contribution < -0.4 is 4.72 Å². The number of hydrogen-bond acceptors (Lipinski definition) is 5. The third kappa shape index (κ3) is 2.98. The van der Waals surface area contributed by atoms with Crippen molar-refractivity contribution in [2.45, 2.75) is 17.6 Å². The van der Waals surface area contributed by atoms with Crippen molar-refractivity contribution in [2.75, 3.05) is 4.72 Å². The van der Waals surface area contributed by atoms with Crippen LogP contribution in [0.15, 0.2) is 28.7 Å². The lowest BCUT2D eigenvalue weighted by Crippen LogP contribution is -2.12. The van der Waals surface area contributed by atoms with E-state index in [0.29, 0.717) is 0 Å². The summed E-state index contributed by atoms with van der Waals surface area (Å²) in [6.45, 7) is 1.97. The van der Waals surface area contributed by atoms with Crippen molar-refractivity contribution in [2.24, 2.45) is 0 Å². The van der Waals surface area contributed by atoms with E-state index in [1.54, 1.807) is 12.1 Å². The van der Waals surface area contributed by atoms with Gasteiger partial charge in [0.25, 0.3) is 10.0 Å². The van der Waals surface area contributed by atoms with Gasteiger partial charge in [-0.2, -0.15) is 0 Å². The van der Waals surface area contributed by atoms with Crippen LogP contribution in [0.3, 0.4) is 0 Å². The summed E-state index contributed by atoms with van der Waals surface area (Å²) in [5, 5.41) is 0.135. The summed E-state index contributed by atoms with van der Waals surface area (Å²) >= 11 is 6.87. The number of nitrogens with zero attached hydrogens (tertiary/aromatic N) is 2. The van der Waals surface area contributed by atoms with Gasteiger partial charge in [0.05, 0.1) is 12.4 Å². The third-order valence-corrected chi connectivity index (χ3v) is 5.35. The number of halogens is 1. The first-order chi connectivity index (χ1) is 8.51. The molecular formula is C10H10ClN3O2S2. The van der Waals surface area contributed by atoms with E-state index in [1.165, 1.54) is 23.7 Å². The molecule has 18 heavy (non-hydrogen) atoms. The molecule has 0 saturated heterocycles. The van der Waals surface area contributed by atoms with Crippen LogP contribution in [0.1, 0.15) is 11.8 Å². The molecule has 96 valence electrons. The highest BCUT2D eigenvalue weighted by Gasteiger charge is 2.17.